The zero-order chi connectivity index (χ0) is 20.0. The van der Waals surface area contributed by atoms with Crippen molar-refractivity contribution in [2.45, 2.75) is 52.2 Å². The van der Waals surface area contributed by atoms with Gasteiger partial charge in [-0.2, -0.15) is 0 Å². The lowest BCUT2D eigenvalue weighted by Gasteiger charge is -2.36. The van der Waals surface area contributed by atoms with E-state index in [1.165, 1.54) is 10.5 Å². The fourth-order valence-electron chi connectivity index (χ4n) is 2.98. The summed E-state index contributed by atoms with van der Waals surface area (Å²) in [5, 5.41) is 2.69. The molecule has 1 aromatic carbocycles. The predicted molar refractivity (Wildman–Crippen MR) is 100 cm³/mol. The van der Waals surface area contributed by atoms with Gasteiger partial charge in [-0.1, -0.05) is 26.0 Å². The molecule has 1 heterocycles. The summed E-state index contributed by atoms with van der Waals surface area (Å²) in [5.41, 5.74) is 1.18. The molecule has 0 unspecified atom stereocenters. The highest BCUT2D eigenvalue weighted by molar-refractivity contribution is 5.93. The van der Waals surface area contributed by atoms with Crippen LogP contribution in [0.4, 0.5) is 0 Å². The molecule has 0 aromatic heterocycles. The van der Waals surface area contributed by atoms with Crippen molar-refractivity contribution >= 4 is 17.8 Å². The second kappa shape index (κ2) is 9.39. The Balaban J connectivity index is 2.05. The smallest absolute Gasteiger partial charge is 0.308 e. The summed E-state index contributed by atoms with van der Waals surface area (Å²) in [6.45, 7) is 8.45. The van der Waals surface area contributed by atoms with E-state index < -0.39 is 18.1 Å². The first-order valence-corrected chi connectivity index (χ1v) is 9.33. The Morgan fingerprint density at radius 1 is 1.22 bits per heavy atom. The molecule has 27 heavy (non-hydrogen) atoms. The molecule has 148 valence electrons. The number of benzene rings is 1. The normalized spacial score (nSPS) is 18.0. The summed E-state index contributed by atoms with van der Waals surface area (Å²) < 4.78 is 10.7. The number of nitrogens with one attached hydrogen (secondary N) is 1. The fourth-order valence-corrected chi connectivity index (χ4v) is 2.98. The van der Waals surface area contributed by atoms with Gasteiger partial charge in [0.2, 0.25) is 5.91 Å². The average Bonchev–Trinajstić information content (AvgIpc) is 2.63. The average molecular weight is 376 g/mol. The zero-order valence-corrected chi connectivity index (χ0v) is 16.4. The lowest BCUT2D eigenvalue weighted by molar-refractivity contribution is -0.153. The molecule has 1 fully saturated rings. The van der Waals surface area contributed by atoms with Gasteiger partial charge >= 0.3 is 5.97 Å². The Hall–Kier alpha value is -2.57. The third-order valence-corrected chi connectivity index (χ3v) is 4.49. The minimum absolute atomic E-state index is 0.165. The van der Waals surface area contributed by atoms with Crippen molar-refractivity contribution in [1.82, 2.24) is 10.2 Å². The van der Waals surface area contributed by atoms with E-state index in [0.29, 0.717) is 24.8 Å². The van der Waals surface area contributed by atoms with Crippen molar-refractivity contribution in [3.8, 4) is 5.75 Å². The van der Waals surface area contributed by atoms with Gasteiger partial charge in [0.25, 0.3) is 5.91 Å². The van der Waals surface area contributed by atoms with Gasteiger partial charge in [0, 0.05) is 13.1 Å². The van der Waals surface area contributed by atoms with Gasteiger partial charge in [-0.05, 0) is 37.5 Å². The molecule has 7 nitrogen and oxygen atoms in total. The molecule has 0 radical (unpaired) electrons. The number of hydrogen-bond acceptors (Lipinski definition) is 5. The number of rotatable bonds is 7. The summed E-state index contributed by atoms with van der Waals surface area (Å²) >= 11 is 0. The molecule has 1 aromatic rings. The van der Waals surface area contributed by atoms with Crippen LogP contribution in [0.25, 0.3) is 0 Å². The number of nitrogens with zero attached hydrogens (tertiary/aromatic N) is 1. The number of piperazine rings is 1. The van der Waals surface area contributed by atoms with E-state index in [0.717, 1.165) is 0 Å². The maximum Gasteiger partial charge on any atom is 0.308 e. The quantitative estimate of drug-likeness (QED) is 0.734. The lowest BCUT2D eigenvalue weighted by Crippen LogP contribution is -2.60. The Morgan fingerprint density at radius 2 is 1.89 bits per heavy atom. The maximum atomic E-state index is 12.8. The summed E-state index contributed by atoms with van der Waals surface area (Å²) in [6, 6.07) is 6.72. The molecular formula is C20H28N2O5. The van der Waals surface area contributed by atoms with Crippen LogP contribution in [0.3, 0.4) is 0 Å². The van der Waals surface area contributed by atoms with Crippen LogP contribution in [0.5, 0.6) is 5.75 Å². The van der Waals surface area contributed by atoms with Crippen LogP contribution < -0.4 is 10.1 Å². The minimum Gasteiger partial charge on any atom is -0.481 e. The Kier molecular flexibility index (Phi) is 7.21. The van der Waals surface area contributed by atoms with E-state index >= 15 is 0 Å². The van der Waals surface area contributed by atoms with E-state index in [-0.39, 0.29) is 24.8 Å². The van der Waals surface area contributed by atoms with E-state index in [2.05, 4.69) is 19.2 Å². The molecule has 0 saturated carbocycles. The van der Waals surface area contributed by atoms with E-state index in [1.54, 1.807) is 13.8 Å². The molecule has 0 aliphatic carbocycles. The van der Waals surface area contributed by atoms with Crippen LogP contribution in [0, 0.1) is 0 Å². The van der Waals surface area contributed by atoms with Gasteiger partial charge in [-0.15, -0.1) is 0 Å². The predicted octanol–water partition coefficient (Wildman–Crippen LogP) is 1.86. The molecule has 0 bridgehead atoms. The topological polar surface area (TPSA) is 84.9 Å². The van der Waals surface area contributed by atoms with Crippen LogP contribution in [0.2, 0.25) is 0 Å². The number of carbonyl (C=O) groups excluding carboxylic acids is 3. The molecule has 7 heteroatoms. The number of amides is 2. The number of carbonyl (C=O) groups is 3. The maximum absolute atomic E-state index is 12.8. The van der Waals surface area contributed by atoms with Crippen molar-refractivity contribution in [2.75, 3.05) is 19.7 Å². The van der Waals surface area contributed by atoms with Crippen molar-refractivity contribution in [1.29, 1.82) is 0 Å². The SMILES string of the molecule is CCOC(=O)C[C@H]1C(=O)NCCN1C(=O)[C@@H](C)Oc1ccc(C(C)C)cc1. The number of hydrogen-bond donors (Lipinski definition) is 1. The van der Waals surface area contributed by atoms with Gasteiger partial charge in [0.05, 0.1) is 13.0 Å². The third-order valence-electron chi connectivity index (χ3n) is 4.49. The van der Waals surface area contributed by atoms with E-state index in [1.807, 2.05) is 24.3 Å². The summed E-state index contributed by atoms with van der Waals surface area (Å²) in [4.78, 5) is 38.2. The Morgan fingerprint density at radius 3 is 2.48 bits per heavy atom. The van der Waals surface area contributed by atoms with Crippen LogP contribution in [-0.2, 0) is 19.1 Å². The van der Waals surface area contributed by atoms with Crippen molar-refractivity contribution < 1.29 is 23.9 Å². The van der Waals surface area contributed by atoms with Crippen LogP contribution in [0.15, 0.2) is 24.3 Å². The molecular weight excluding hydrogens is 348 g/mol. The first kappa shape index (κ1) is 20.7. The second-order valence-corrected chi connectivity index (χ2v) is 6.83. The van der Waals surface area contributed by atoms with Gasteiger partial charge in [0.15, 0.2) is 6.10 Å². The summed E-state index contributed by atoms with van der Waals surface area (Å²) in [7, 11) is 0. The second-order valence-electron chi connectivity index (χ2n) is 6.83. The van der Waals surface area contributed by atoms with Crippen molar-refractivity contribution in [3.05, 3.63) is 29.8 Å². The molecule has 2 atom stereocenters. The van der Waals surface area contributed by atoms with Crippen LogP contribution in [0.1, 0.15) is 45.6 Å². The van der Waals surface area contributed by atoms with E-state index in [9.17, 15) is 14.4 Å². The largest absolute Gasteiger partial charge is 0.481 e. The van der Waals surface area contributed by atoms with Gasteiger partial charge in [0.1, 0.15) is 11.8 Å². The van der Waals surface area contributed by atoms with Crippen molar-refractivity contribution in [2.24, 2.45) is 0 Å². The van der Waals surface area contributed by atoms with Gasteiger partial charge in [-0.25, -0.2) is 0 Å². The molecule has 1 aliphatic heterocycles. The van der Waals surface area contributed by atoms with Gasteiger partial charge in [-0.3, -0.25) is 14.4 Å². The lowest BCUT2D eigenvalue weighted by atomic mass is 10.0. The standard InChI is InChI=1S/C20H28N2O5/c1-5-26-18(23)12-17-19(24)21-10-11-22(17)20(25)14(4)27-16-8-6-15(7-9-16)13(2)3/h6-9,13-14,17H,5,10-12H2,1-4H3,(H,21,24)/t14-,17+/m1/s1. The van der Waals surface area contributed by atoms with Crippen LogP contribution in [-0.4, -0.2) is 54.5 Å². The Bertz CT molecular complexity index is 671. The highest BCUT2D eigenvalue weighted by Crippen LogP contribution is 2.20. The third kappa shape index (κ3) is 5.45. The summed E-state index contributed by atoms with van der Waals surface area (Å²) in [5.74, 6) is -0.185. The van der Waals surface area contributed by atoms with Crippen LogP contribution >= 0.6 is 0 Å². The first-order valence-electron chi connectivity index (χ1n) is 9.33. The number of esters is 1. The number of ether oxygens (including phenoxy) is 2. The van der Waals surface area contributed by atoms with Crippen molar-refractivity contribution in [3.63, 3.8) is 0 Å². The Labute approximate surface area is 160 Å². The fraction of sp³-hybridized carbons (Fsp3) is 0.550. The monoisotopic (exact) mass is 376 g/mol. The van der Waals surface area contributed by atoms with E-state index in [4.69, 9.17) is 9.47 Å². The molecule has 0 spiro atoms. The summed E-state index contributed by atoms with van der Waals surface area (Å²) in [6.07, 6.45) is -0.938. The minimum atomic E-state index is -0.875. The molecule has 1 saturated heterocycles. The molecule has 2 rings (SSSR count). The molecule has 2 amide bonds. The molecule has 1 N–H and O–H groups in total. The first-order chi connectivity index (χ1) is 12.8. The highest BCUT2D eigenvalue weighted by atomic mass is 16.5. The van der Waals surface area contributed by atoms with Gasteiger partial charge < -0.3 is 19.7 Å². The highest BCUT2D eigenvalue weighted by Gasteiger charge is 2.37. The molecule has 1 aliphatic rings. The zero-order valence-electron chi connectivity index (χ0n) is 16.4.